The third kappa shape index (κ3) is 3.75. The van der Waals surface area contributed by atoms with E-state index in [4.69, 9.17) is 0 Å². The molecule has 1 aromatic carbocycles. The van der Waals surface area contributed by atoms with Crippen LogP contribution in [0.4, 0.5) is 0 Å². The maximum absolute atomic E-state index is 12.7. The molecule has 2 aromatic rings. The van der Waals surface area contributed by atoms with Gasteiger partial charge in [0, 0.05) is 61.9 Å². The van der Waals surface area contributed by atoms with E-state index in [-0.39, 0.29) is 6.04 Å². The lowest BCUT2D eigenvalue weighted by molar-refractivity contribution is 0.120. The lowest BCUT2D eigenvalue weighted by Gasteiger charge is -2.36. The molecule has 24 heavy (non-hydrogen) atoms. The van der Waals surface area contributed by atoms with Crippen LogP contribution in [0.5, 0.6) is 0 Å². The van der Waals surface area contributed by atoms with Gasteiger partial charge >= 0.3 is 0 Å². The summed E-state index contributed by atoms with van der Waals surface area (Å²) < 4.78 is 28.2. The van der Waals surface area contributed by atoms with E-state index in [1.165, 1.54) is 0 Å². The molecular formula is C17H24N4O2S. The largest absolute Gasteiger partial charge is 0.304 e. The number of sulfonamides is 1. The molecule has 7 heteroatoms. The van der Waals surface area contributed by atoms with Crippen molar-refractivity contribution in [2.45, 2.75) is 17.9 Å². The molecule has 0 spiro atoms. The molecule has 0 bridgehead atoms. The van der Waals surface area contributed by atoms with E-state index in [2.05, 4.69) is 33.5 Å². The molecule has 6 nitrogen and oxygen atoms in total. The Bertz CT molecular complexity index is 796. The van der Waals surface area contributed by atoms with Crippen LogP contribution in [0.3, 0.4) is 0 Å². The lowest BCUT2D eigenvalue weighted by Crippen LogP contribution is -2.51. The van der Waals surface area contributed by atoms with Crippen molar-refractivity contribution in [1.29, 1.82) is 0 Å². The normalized spacial score (nSPS) is 18.8. The van der Waals surface area contributed by atoms with Gasteiger partial charge in [-0.3, -0.25) is 9.88 Å². The molecule has 1 aromatic heterocycles. The highest BCUT2D eigenvalue weighted by molar-refractivity contribution is 7.89. The number of hydrogen-bond donors (Lipinski definition) is 1. The van der Waals surface area contributed by atoms with E-state index >= 15 is 0 Å². The highest BCUT2D eigenvalue weighted by atomic mass is 32.2. The lowest BCUT2D eigenvalue weighted by atomic mass is 10.2. The summed E-state index contributed by atoms with van der Waals surface area (Å²) in [5.41, 5.74) is 0. The fourth-order valence-electron chi connectivity index (χ4n) is 3.03. The molecular weight excluding hydrogens is 324 g/mol. The molecule has 0 saturated carbocycles. The quantitative estimate of drug-likeness (QED) is 0.878. The van der Waals surface area contributed by atoms with E-state index in [9.17, 15) is 8.42 Å². The Labute approximate surface area is 143 Å². The number of fused-ring (bicyclic) bond motifs is 1. The smallest absolute Gasteiger partial charge is 0.241 e. The minimum atomic E-state index is -3.55. The molecule has 0 amide bonds. The van der Waals surface area contributed by atoms with Gasteiger partial charge in [0.1, 0.15) is 0 Å². The van der Waals surface area contributed by atoms with Gasteiger partial charge in [-0.05, 0) is 26.1 Å². The molecule has 1 saturated heterocycles. The second kappa shape index (κ2) is 7.14. The van der Waals surface area contributed by atoms with Gasteiger partial charge in [0.15, 0.2) is 0 Å². The molecule has 0 aliphatic carbocycles. The maximum Gasteiger partial charge on any atom is 0.241 e. The summed E-state index contributed by atoms with van der Waals surface area (Å²) >= 11 is 0. The predicted octanol–water partition coefficient (Wildman–Crippen LogP) is 1.15. The molecule has 3 rings (SSSR count). The monoisotopic (exact) mass is 348 g/mol. The number of benzene rings is 1. The first kappa shape index (κ1) is 17.3. The molecule has 1 unspecified atom stereocenters. The summed E-state index contributed by atoms with van der Waals surface area (Å²) in [6, 6.07) is 7.18. The predicted molar refractivity (Wildman–Crippen MR) is 95.5 cm³/mol. The van der Waals surface area contributed by atoms with Crippen molar-refractivity contribution in [2.75, 3.05) is 39.8 Å². The molecule has 2 heterocycles. The molecule has 1 fully saturated rings. The third-order valence-corrected chi connectivity index (χ3v) is 6.14. The van der Waals surface area contributed by atoms with Crippen LogP contribution in [0.25, 0.3) is 10.8 Å². The number of likely N-dealkylation sites (N-methyl/N-ethyl adjacent to an activating group) is 1. The van der Waals surface area contributed by atoms with Gasteiger partial charge in [-0.15, -0.1) is 0 Å². The Morgan fingerprint density at radius 3 is 2.71 bits per heavy atom. The summed E-state index contributed by atoms with van der Waals surface area (Å²) in [5.74, 6) is 0. The van der Waals surface area contributed by atoms with Crippen LogP contribution in [0.15, 0.2) is 41.6 Å². The van der Waals surface area contributed by atoms with Crippen LogP contribution in [0.1, 0.15) is 6.92 Å². The van der Waals surface area contributed by atoms with Gasteiger partial charge in [-0.25, -0.2) is 13.1 Å². The summed E-state index contributed by atoms with van der Waals surface area (Å²) in [7, 11) is -1.44. The number of nitrogens with one attached hydrogen (secondary N) is 1. The fraction of sp³-hybridized carbons (Fsp3) is 0.471. The molecule has 130 valence electrons. The number of rotatable bonds is 5. The molecule has 0 radical (unpaired) electrons. The summed E-state index contributed by atoms with van der Waals surface area (Å²) in [5, 5.41) is 1.53. The van der Waals surface area contributed by atoms with Gasteiger partial charge in [0.2, 0.25) is 10.0 Å². The minimum absolute atomic E-state index is 0.171. The van der Waals surface area contributed by atoms with Crippen LogP contribution >= 0.6 is 0 Å². The number of nitrogens with zero attached hydrogens (tertiary/aromatic N) is 3. The van der Waals surface area contributed by atoms with Gasteiger partial charge in [0.05, 0.1) is 4.90 Å². The van der Waals surface area contributed by atoms with Crippen molar-refractivity contribution >= 4 is 20.8 Å². The number of piperazine rings is 1. The number of aromatic nitrogens is 1. The molecule has 1 aliphatic rings. The average molecular weight is 348 g/mol. The minimum Gasteiger partial charge on any atom is -0.304 e. The second-order valence-electron chi connectivity index (χ2n) is 6.39. The second-order valence-corrected chi connectivity index (χ2v) is 8.13. The van der Waals surface area contributed by atoms with E-state index in [1.807, 2.05) is 6.07 Å². The van der Waals surface area contributed by atoms with Crippen molar-refractivity contribution in [3.63, 3.8) is 0 Å². The fourth-order valence-corrected chi connectivity index (χ4v) is 4.38. The zero-order valence-electron chi connectivity index (χ0n) is 14.1. The summed E-state index contributed by atoms with van der Waals surface area (Å²) in [6.45, 7) is 6.47. The summed E-state index contributed by atoms with van der Waals surface area (Å²) in [6.07, 6.45) is 3.30. The molecule has 1 atom stereocenters. The van der Waals surface area contributed by atoms with Crippen LogP contribution in [0, 0.1) is 0 Å². The van der Waals surface area contributed by atoms with Crippen molar-refractivity contribution < 1.29 is 8.42 Å². The Kier molecular flexibility index (Phi) is 5.15. The van der Waals surface area contributed by atoms with Crippen molar-refractivity contribution in [1.82, 2.24) is 19.5 Å². The Hall–Kier alpha value is -1.54. The van der Waals surface area contributed by atoms with Gasteiger partial charge in [0.25, 0.3) is 0 Å². The van der Waals surface area contributed by atoms with Crippen molar-refractivity contribution in [3.05, 3.63) is 36.7 Å². The van der Waals surface area contributed by atoms with E-state index < -0.39 is 10.0 Å². The molecule has 1 aliphatic heterocycles. The van der Waals surface area contributed by atoms with Crippen LogP contribution in [-0.4, -0.2) is 69.0 Å². The summed E-state index contributed by atoms with van der Waals surface area (Å²) in [4.78, 5) is 8.98. The Morgan fingerprint density at radius 1 is 1.21 bits per heavy atom. The first-order chi connectivity index (χ1) is 11.5. The van der Waals surface area contributed by atoms with Crippen molar-refractivity contribution in [2.24, 2.45) is 0 Å². The SMILES string of the molecule is CC(CNS(=O)(=O)c1cccc2cnccc12)N1CCN(C)CC1. The van der Waals surface area contributed by atoms with E-state index in [0.29, 0.717) is 16.8 Å². The van der Waals surface area contributed by atoms with E-state index in [1.54, 1.807) is 30.6 Å². The standard InChI is InChI=1S/C17H24N4O2S/c1-14(21-10-8-20(2)9-11-21)12-19-24(22,23)17-5-3-4-15-13-18-7-6-16(15)17/h3-7,13-14,19H,8-12H2,1-2H3. The average Bonchev–Trinajstić information content (AvgIpc) is 2.60. The van der Waals surface area contributed by atoms with Crippen LogP contribution < -0.4 is 4.72 Å². The van der Waals surface area contributed by atoms with Gasteiger partial charge in [-0.2, -0.15) is 0 Å². The first-order valence-corrected chi connectivity index (χ1v) is 9.71. The van der Waals surface area contributed by atoms with Crippen molar-refractivity contribution in [3.8, 4) is 0 Å². The molecule has 1 N–H and O–H groups in total. The first-order valence-electron chi connectivity index (χ1n) is 8.22. The van der Waals surface area contributed by atoms with Gasteiger partial charge < -0.3 is 4.90 Å². The number of hydrogen-bond acceptors (Lipinski definition) is 5. The van der Waals surface area contributed by atoms with E-state index in [0.717, 1.165) is 31.6 Å². The zero-order chi connectivity index (χ0) is 17.2. The third-order valence-electron chi connectivity index (χ3n) is 4.66. The van der Waals surface area contributed by atoms with Gasteiger partial charge in [-0.1, -0.05) is 12.1 Å². The highest BCUT2D eigenvalue weighted by Crippen LogP contribution is 2.21. The Balaban J connectivity index is 1.72. The zero-order valence-corrected chi connectivity index (χ0v) is 15.0. The highest BCUT2D eigenvalue weighted by Gasteiger charge is 2.22. The Morgan fingerprint density at radius 2 is 1.96 bits per heavy atom. The number of pyridine rings is 1. The van der Waals surface area contributed by atoms with Crippen LogP contribution in [0.2, 0.25) is 0 Å². The maximum atomic E-state index is 12.7. The topological polar surface area (TPSA) is 65.5 Å². The van der Waals surface area contributed by atoms with Crippen LogP contribution in [-0.2, 0) is 10.0 Å².